The summed E-state index contributed by atoms with van der Waals surface area (Å²) in [6, 6.07) is 7.12. The number of rotatable bonds is 11. The largest absolute Gasteiger partial charge is 0.491 e. The topological polar surface area (TPSA) is 81.6 Å². The highest BCUT2D eigenvalue weighted by Crippen LogP contribution is 2.13. The predicted molar refractivity (Wildman–Crippen MR) is 91.2 cm³/mol. The Bertz CT molecular complexity index is 473. The molecule has 1 atom stereocenters. The molecule has 1 aromatic carbocycles. The van der Waals surface area contributed by atoms with E-state index in [0.717, 1.165) is 0 Å². The first kappa shape index (κ1) is 20.4. The molecule has 0 saturated heterocycles. The Labute approximate surface area is 144 Å². The van der Waals surface area contributed by atoms with Gasteiger partial charge in [0.25, 0.3) is 0 Å². The van der Waals surface area contributed by atoms with Crippen molar-refractivity contribution in [1.82, 2.24) is 0 Å². The van der Waals surface area contributed by atoms with Crippen LogP contribution in [0.1, 0.15) is 38.1 Å². The number of quaternary nitrogens is 1. The minimum Gasteiger partial charge on any atom is -0.491 e. The van der Waals surface area contributed by atoms with Crippen LogP contribution in [-0.4, -0.2) is 55.7 Å². The van der Waals surface area contributed by atoms with Crippen LogP contribution in [0.2, 0.25) is 0 Å². The fraction of sp³-hybridized carbons (Fsp3) is 0.611. The lowest BCUT2D eigenvalue weighted by atomic mass is 10.2. The monoisotopic (exact) mass is 340 g/mol. The third kappa shape index (κ3) is 8.86. The summed E-state index contributed by atoms with van der Waals surface area (Å²) in [5, 5.41) is 11.9. The minimum absolute atomic E-state index is 0.119. The van der Waals surface area contributed by atoms with E-state index < -0.39 is 6.10 Å². The van der Waals surface area contributed by atoms with Crippen molar-refractivity contribution in [2.45, 2.75) is 45.9 Å². The van der Waals surface area contributed by atoms with Crippen molar-refractivity contribution in [3.05, 3.63) is 29.8 Å². The third-order valence-electron chi connectivity index (χ3n) is 3.18. The van der Waals surface area contributed by atoms with Crippen molar-refractivity contribution in [3.63, 3.8) is 0 Å². The molecule has 0 heterocycles. The van der Waals surface area contributed by atoms with E-state index in [9.17, 15) is 9.90 Å². The summed E-state index contributed by atoms with van der Waals surface area (Å²) < 4.78 is 16.0. The van der Waals surface area contributed by atoms with Gasteiger partial charge in [-0.3, -0.25) is 0 Å². The van der Waals surface area contributed by atoms with Crippen LogP contribution in [0.25, 0.3) is 0 Å². The molecule has 0 fully saturated rings. The van der Waals surface area contributed by atoms with Gasteiger partial charge >= 0.3 is 5.97 Å². The lowest BCUT2D eigenvalue weighted by molar-refractivity contribution is -0.688. The predicted octanol–water partition coefficient (Wildman–Crippen LogP) is 0.980. The van der Waals surface area contributed by atoms with Crippen LogP contribution in [-0.2, 0) is 9.47 Å². The molecule has 0 aliphatic carbocycles. The molecule has 24 heavy (non-hydrogen) atoms. The van der Waals surface area contributed by atoms with E-state index >= 15 is 0 Å². The number of carbonyl (C=O) groups is 1. The number of aliphatic hydroxyl groups is 1. The highest BCUT2D eigenvalue weighted by molar-refractivity contribution is 5.89. The number of benzene rings is 1. The maximum atomic E-state index is 11.9. The molecule has 0 aromatic heterocycles. The van der Waals surface area contributed by atoms with Gasteiger partial charge in [-0.2, -0.15) is 0 Å². The number of aliphatic hydroxyl groups excluding tert-OH is 1. The molecular weight excluding hydrogens is 310 g/mol. The number of hydrogen-bond donors (Lipinski definition) is 2. The molecule has 0 aliphatic rings. The molecule has 6 heteroatoms. The number of carbonyl (C=O) groups excluding carboxylic acids is 1. The van der Waals surface area contributed by atoms with Crippen molar-refractivity contribution >= 4 is 5.97 Å². The van der Waals surface area contributed by atoms with E-state index in [2.05, 4.69) is 19.2 Å². The third-order valence-corrected chi connectivity index (χ3v) is 3.18. The first-order valence-corrected chi connectivity index (χ1v) is 8.41. The SMILES string of the molecule is CC(C)[NH2+]C[C@@H](O)COc1ccc(C(=O)OCCOC(C)C)cc1. The maximum Gasteiger partial charge on any atom is 0.338 e. The second kappa shape index (κ2) is 11.0. The molecule has 1 rings (SSSR count). The van der Waals surface area contributed by atoms with Gasteiger partial charge in [-0.1, -0.05) is 0 Å². The van der Waals surface area contributed by atoms with Crippen LogP contribution in [0, 0.1) is 0 Å². The Balaban J connectivity index is 2.33. The molecule has 136 valence electrons. The Morgan fingerprint density at radius 1 is 1.12 bits per heavy atom. The smallest absolute Gasteiger partial charge is 0.338 e. The zero-order valence-corrected chi connectivity index (χ0v) is 15.0. The van der Waals surface area contributed by atoms with Crippen LogP contribution in [0.3, 0.4) is 0 Å². The molecule has 0 bridgehead atoms. The zero-order valence-electron chi connectivity index (χ0n) is 15.0. The van der Waals surface area contributed by atoms with Gasteiger partial charge < -0.3 is 24.6 Å². The minimum atomic E-state index is -0.530. The lowest BCUT2D eigenvalue weighted by Gasteiger charge is -2.13. The second-order valence-corrected chi connectivity index (χ2v) is 6.26. The highest BCUT2D eigenvalue weighted by Gasteiger charge is 2.10. The van der Waals surface area contributed by atoms with E-state index in [4.69, 9.17) is 14.2 Å². The van der Waals surface area contributed by atoms with Crippen LogP contribution in [0.15, 0.2) is 24.3 Å². The van der Waals surface area contributed by atoms with Gasteiger partial charge in [0.05, 0.1) is 24.3 Å². The van der Waals surface area contributed by atoms with Gasteiger partial charge in [0.15, 0.2) is 0 Å². The normalized spacial score (nSPS) is 12.5. The van der Waals surface area contributed by atoms with Crippen molar-refractivity contribution < 1.29 is 29.4 Å². The molecule has 0 unspecified atom stereocenters. The average molecular weight is 340 g/mol. The van der Waals surface area contributed by atoms with E-state index in [1.54, 1.807) is 24.3 Å². The summed E-state index contributed by atoms with van der Waals surface area (Å²) in [4.78, 5) is 11.9. The van der Waals surface area contributed by atoms with Gasteiger partial charge in [-0.25, -0.2) is 4.79 Å². The van der Waals surface area contributed by atoms with Crippen molar-refractivity contribution in [1.29, 1.82) is 0 Å². The van der Waals surface area contributed by atoms with Crippen LogP contribution in [0.4, 0.5) is 0 Å². The maximum absolute atomic E-state index is 11.9. The second-order valence-electron chi connectivity index (χ2n) is 6.26. The Morgan fingerprint density at radius 2 is 1.79 bits per heavy atom. The van der Waals surface area contributed by atoms with Crippen molar-refractivity contribution in [2.24, 2.45) is 0 Å². The summed E-state index contributed by atoms with van der Waals surface area (Å²) >= 11 is 0. The Morgan fingerprint density at radius 3 is 2.38 bits per heavy atom. The Kier molecular flexibility index (Phi) is 9.37. The van der Waals surface area contributed by atoms with Gasteiger partial charge in [0.2, 0.25) is 0 Å². The van der Waals surface area contributed by atoms with Gasteiger partial charge in [0, 0.05) is 0 Å². The number of esters is 1. The molecule has 0 aliphatic heterocycles. The van der Waals surface area contributed by atoms with Gasteiger partial charge in [-0.05, 0) is 52.0 Å². The fourth-order valence-electron chi connectivity index (χ4n) is 1.88. The van der Waals surface area contributed by atoms with Gasteiger partial charge in [-0.15, -0.1) is 0 Å². The summed E-state index contributed by atoms with van der Waals surface area (Å²) in [6.45, 7) is 9.43. The van der Waals surface area contributed by atoms with E-state index in [1.165, 1.54) is 0 Å². The number of hydrogen-bond acceptors (Lipinski definition) is 5. The average Bonchev–Trinajstić information content (AvgIpc) is 2.55. The standard InChI is InChI=1S/C18H29NO5/c1-13(2)19-11-16(20)12-24-17-7-5-15(6-8-17)18(21)23-10-9-22-14(3)4/h5-8,13-14,16,19-20H,9-12H2,1-4H3/p+1/t16-/m1/s1. The van der Waals surface area contributed by atoms with Crippen LogP contribution in [0.5, 0.6) is 5.75 Å². The van der Waals surface area contributed by atoms with Gasteiger partial charge in [0.1, 0.15) is 31.6 Å². The van der Waals surface area contributed by atoms with Crippen molar-refractivity contribution in [3.8, 4) is 5.75 Å². The summed E-state index contributed by atoms with van der Waals surface area (Å²) in [6.07, 6.45) is -0.411. The molecule has 6 nitrogen and oxygen atoms in total. The van der Waals surface area contributed by atoms with E-state index in [0.29, 0.717) is 30.5 Å². The molecule has 0 spiro atoms. The van der Waals surface area contributed by atoms with Crippen LogP contribution < -0.4 is 10.1 Å². The molecule has 3 N–H and O–H groups in total. The molecule has 0 amide bonds. The quantitative estimate of drug-likeness (QED) is 0.464. The molecule has 0 saturated carbocycles. The zero-order chi connectivity index (χ0) is 17.9. The van der Waals surface area contributed by atoms with E-state index in [1.807, 2.05) is 13.8 Å². The molecule has 0 radical (unpaired) electrons. The summed E-state index contributed by atoms with van der Waals surface area (Å²) in [5.41, 5.74) is 0.459. The summed E-state index contributed by atoms with van der Waals surface area (Å²) in [7, 11) is 0. The van der Waals surface area contributed by atoms with Crippen LogP contribution >= 0.6 is 0 Å². The lowest BCUT2D eigenvalue weighted by Crippen LogP contribution is -2.90. The molecular formula is C18H30NO5+. The highest BCUT2D eigenvalue weighted by atomic mass is 16.6. The fourth-order valence-corrected chi connectivity index (χ4v) is 1.88. The van der Waals surface area contributed by atoms with Crippen molar-refractivity contribution in [2.75, 3.05) is 26.4 Å². The first-order valence-electron chi connectivity index (χ1n) is 8.41. The first-order chi connectivity index (χ1) is 11.4. The molecule has 1 aromatic rings. The number of nitrogens with two attached hydrogens (primary N) is 1. The number of ether oxygens (including phenoxy) is 3. The Hall–Kier alpha value is -1.63. The summed E-state index contributed by atoms with van der Waals surface area (Å²) in [5.74, 6) is 0.221. The van der Waals surface area contributed by atoms with E-state index in [-0.39, 0.29) is 25.3 Å².